The molecule has 0 aliphatic rings. The minimum Gasteiger partial charge on any atom is -0.375 e. The third-order valence-corrected chi connectivity index (χ3v) is 4.59. The fourth-order valence-corrected chi connectivity index (χ4v) is 2.92. The Kier molecular flexibility index (Phi) is 5.50. The van der Waals surface area contributed by atoms with Gasteiger partial charge in [0.15, 0.2) is 0 Å². The molecule has 0 aromatic heterocycles. The molecule has 112 valence electrons. The van der Waals surface area contributed by atoms with Gasteiger partial charge in [-0.05, 0) is 30.2 Å². The highest BCUT2D eigenvalue weighted by atomic mass is 32.2. The van der Waals surface area contributed by atoms with Crippen LogP contribution in [-0.2, 0) is 21.4 Å². The van der Waals surface area contributed by atoms with E-state index in [1.807, 2.05) is 31.2 Å². The van der Waals surface area contributed by atoms with Crippen LogP contribution in [0.15, 0.2) is 59.5 Å². The predicted molar refractivity (Wildman–Crippen MR) is 82.5 cm³/mol. The van der Waals surface area contributed by atoms with Crippen molar-refractivity contribution in [3.63, 3.8) is 0 Å². The first kappa shape index (κ1) is 15.7. The van der Waals surface area contributed by atoms with Gasteiger partial charge < -0.3 is 4.74 Å². The van der Waals surface area contributed by atoms with Gasteiger partial charge in [-0.3, -0.25) is 0 Å². The highest BCUT2D eigenvalue weighted by Crippen LogP contribution is 2.08. The molecule has 0 fully saturated rings. The van der Waals surface area contributed by atoms with Gasteiger partial charge in [0.2, 0.25) is 10.0 Å². The van der Waals surface area contributed by atoms with Gasteiger partial charge in [0.05, 0.1) is 18.1 Å². The van der Waals surface area contributed by atoms with Crippen LogP contribution in [0.4, 0.5) is 0 Å². The maximum atomic E-state index is 12.0. The van der Waals surface area contributed by atoms with Crippen molar-refractivity contribution in [2.75, 3.05) is 13.2 Å². The van der Waals surface area contributed by atoms with E-state index < -0.39 is 10.0 Å². The molecule has 0 atom stereocenters. The summed E-state index contributed by atoms with van der Waals surface area (Å²) >= 11 is 0. The van der Waals surface area contributed by atoms with Crippen molar-refractivity contribution >= 4 is 10.0 Å². The summed E-state index contributed by atoms with van der Waals surface area (Å²) in [5.41, 5.74) is 2.28. The molecule has 2 rings (SSSR count). The highest BCUT2D eigenvalue weighted by molar-refractivity contribution is 7.89. The molecule has 0 radical (unpaired) electrons. The van der Waals surface area contributed by atoms with Crippen molar-refractivity contribution in [1.29, 1.82) is 0 Å². The summed E-state index contributed by atoms with van der Waals surface area (Å²) in [5.74, 6) is 0. The van der Waals surface area contributed by atoms with Crippen molar-refractivity contribution in [3.8, 4) is 0 Å². The maximum Gasteiger partial charge on any atom is 0.240 e. The summed E-state index contributed by atoms with van der Waals surface area (Å²) in [6.45, 7) is 3.10. The smallest absolute Gasteiger partial charge is 0.240 e. The summed E-state index contributed by atoms with van der Waals surface area (Å²) < 4.78 is 31.9. The first-order chi connectivity index (χ1) is 10.1. The van der Waals surface area contributed by atoms with E-state index in [0.29, 0.717) is 13.2 Å². The quantitative estimate of drug-likeness (QED) is 0.800. The fourth-order valence-electron chi connectivity index (χ4n) is 1.89. The van der Waals surface area contributed by atoms with Gasteiger partial charge in [-0.1, -0.05) is 42.5 Å². The molecule has 0 spiro atoms. The average Bonchev–Trinajstić information content (AvgIpc) is 2.49. The Labute approximate surface area is 125 Å². The van der Waals surface area contributed by atoms with Crippen LogP contribution < -0.4 is 4.72 Å². The molecule has 0 aliphatic heterocycles. The van der Waals surface area contributed by atoms with Gasteiger partial charge in [-0.2, -0.15) is 0 Å². The monoisotopic (exact) mass is 305 g/mol. The topological polar surface area (TPSA) is 55.4 Å². The van der Waals surface area contributed by atoms with Crippen molar-refractivity contribution in [3.05, 3.63) is 65.7 Å². The van der Waals surface area contributed by atoms with E-state index in [-0.39, 0.29) is 11.4 Å². The lowest BCUT2D eigenvalue weighted by atomic mass is 10.1. The van der Waals surface area contributed by atoms with Gasteiger partial charge in [0.25, 0.3) is 0 Å². The number of benzene rings is 2. The van der Waals surface area contributed by atoms with E-state index in [1.54, 1.807) is 30.3 Å². The number of rotatable bonds is 7. The molecule has 0 amide bonds. The summed E-state index contributed by atoms with van der Waals surface area (Å²) in [7, 11) is -3.44. The van der Waals surface area contributed by atoms with Crippen LogP contribution in [-0.4, -0.2) is 21.6 Å². The number of ether oxygens (including phenoxy) is 1. The molecule has 0 bridgehead atoms. The number of aryl methyl sites for hydroxylation is 1. The van der Waals surface area contributed by atoms with E-state index in [2.05, 4.69) is 4.72 Å². The Balaban J connectivity index is 1.77. The van der Waals surface area contributed by atoms with E-state index >= 15 is 0 Å². The van der Waals surface area contributed by atoms with Crippen LogP contribution in [0.5, 0.6) is 0 Å². The number of nitrogens with one attached hydrogen (secondary N) is 1. The standard InChI is InChI=1S/C16H19NO3S/c1-14-7-5-6-8-15(14)13-20-12-11-17-21(18,19)16-9-3-2-4-10-16/h2-10,17H,11-13H2,1H3. The summed E-state index contributed by atoms with van der Waals surface area (Å²) in [6, 6.07) is 16.3. The van der Waals surface area contributed by atoms with Gasteiger partial charge >= 0.3 is 0 Å². The molecule has 0 aliphatic carbocycles. The molecule has 5 heteroatoms. The van der Waals surface area contributed by atoms with E-state index in [0.717, 1.165) is 5.56 Å². The zero-order valence-electron chi connectivity index (χ0n) is 12.0. The molecule has 21 heavy (non-hydrogen) atoms. The number of hydrogen-bond acceptors (Lipinski definition) is 3. The second-order valence-electron chi connectivity index (χ2n) is 4.69. The van der Waals surface area contributed by atoms with Crippen molar-refractivity contribution in [2.45, 2.75) is 18.4 Å². The maximum absolute atomic E-state index is 12.0. The molecular formula is C16H19NO3S. The molecule has 0 saturated carbocycles. The van der Waals surface area contributed by atoms with Gasteiger partial charge in [-0.15, -0.1) is 0 Å². The first-order valence-electron chi connectivity index (χ1n) is 6.76. The van der Waals surface area contributed by atoms with Gasteiger partial charge in [0.1, 0.15) is 0 Å². The predicted octanol–water partition coefficient (Wildman–Crippen LogP) is 2.49. The summed E-state index contributed by atoms with van der Waals surface area (Å²) in [5, 5.41) is 0. The molecule has 0 unspecified atom stereocenters. The number of sulfonamides is 1. The third-order valence-electron chi connectivity index (χ3n) is 3.11. The lowest BCUT2D eigenvalue weighted by molar-refractivity contribution is 0.125. The van der Waals surface area contributed by atoms with Crippen LogP contribution in [0.2, 0.25) is 0 Å². The second-order valence-corrected chi connectivity index (χ2v) is 6.46. The van der Waals surface area contributed by atoms with Crippen LogP contribution in [0, 0.1) is 6.92 Å². The molecular weight excluding hydrogens is 286 g/mol. The Morgan fingerprint density at radius 1 is 1.00 bits per heavy atom. The second kappa shape index (κ2) is 7.36. The van der Waals surface area contributed by atoms with Crippen molar-refractivity contribution in [1.82, 2.24) is 4.72 Å². The normalized spacial score (nSPS) is 11.5. The minimum atomic E-state index is -3.44. The molecule has 2 aromatic carbocycles. The van der Waals surface area contributed by atoms with Crippen LogP contribution in [0.3, 0.4) is 0 Å². The lowest BCUT2D eigenvalue weighted by Crippen LogP contribution is -2.27. The summed E-state index contributed by atoms with van der Waals surface area (Å²) in [4.78, 5) is 0.268. The fraction of sp³-hybridized carbons (Fsp3) is 0.250. The number of hydrogen-bond donors (Lipinski definition) is 1. The van der Waals surface area contributed by atoms with E-state index in [9.17, 15) is 8.42 Å². The molecule has 1 N–H and O–H groups in total. The molecule has 2 aromatic rings. The van der Waals surface area contributed by atoms with Crippen molar-refractivity contribution < 1.29 is 13.2 Å². The minimum absolute atomic E-state index is 0.253. The van der Waals surface area contributed by atoms with Gasteiger partial charge in [-0.25, -0.2) is 13.1 Å². The van der Waals surface area contributed by atoms with E-state index in [4.69, 9.17) is 4.74 Å². The van der Waals surface area contributed by atoms with Crippen LogP contribution >= 0.6 is 0 Å². The molecule has 4 nitrogen and oxygen atoms in total. The van der Waals surface area contributed by atoms with Gasteiger partial charge in [0, 0.05) is 6.54 Å². The zero-order valence-corrected chi connectivity index (χ0v) is 12.8. The average molecular weight is 305 g/mol. The Hall–Kier alpha value is -1.69. The van der Waals surface area contributed by atoms with Crippen LogP contribution in [0.1, 0.15) is 11.1 Å². The largest absolute Gasteiger partial charge is 0.375 e. The SMILES string of the molecule is Cc1ccccc1COCCNS(=O)(=O)c1ccccc1. The highest BCUT2D eigenvalue weighted by Gasteiger charge is 2.11. The first-order valence-corrected chi connectivity index (χ1v) is 8.25. The Bertz CT molecular complexity index is 669. The Morgan fingerprint density at radius 2 is 1.67 bits per heavy atom. The molecule has 0 saturated heterocycles. The van der Waals surface area contributed by atoms with Crippen LogP contribution in [0.25, 0.3) is 0 Å². The van der Waals surface area contributed by atoms with E-state index in [1.165, 1.54) is 5.56 Å². The Morgan fingerprint density at radius 3 is 2.38 bits per heavy atom. The molecule has 0 heterocycles. The summed E-state index contributed by atoms with van der Waals surface area (Å²) in [6.07, 6.45) is 0. The van der Waals surface area contributed by atoms with Crippen molar-refractivity contribution in [2.24, 2.45) is 0 Å². The lowest BCUT2D eigenvalue weighted by Gasteiger charge is -2.09. The third kappa shape index (κ3) is 4.67. The zero-order chi connectivity index (χ0) is 15.1.